The van der Waals surface area contributed by atoms with Gasteiger partial charge in [-0.3, -0.25) is 13.9 Å². The maximum absolute atomic E-state index is 14.2. The van der Waals surface area contributed by atoms with Crippen LogP contribution in [0.5, 0.6) is 0 Å². The van der Waals surface area contributed by atoms with E-state index in [0.717, 1.165) is 52.9 Å². The average molecular weight is 617 g/mol. The van der Waals surface area contributed by atoms with Gasteiger partial charge in [0.15, 0.2) is 0 Å². The standard InChI is InChI=1S/C31H35Cl2N3O4S/c1-22-12-14-24(15-13-22)20-35(30(37)21-36(41(2,39)40)28-17-16-25(32)19-27(28)33)29(18-23-8-4-3-5-9-23)31(38)34-26-10-6-7-11-26/h3-5,8-9,12-17,19,26,29H,6-7,10-11,18,20-21H2,1-2H3,(H,34,38)/t29-/m0/s1. The highest BCUT2D eigenvalue weighted by Gasteiger charge is 2.34. The van der Waals surface area contributed by atoms with E-state index in [-0.39, 0.29) is 35.6 Å². The molecule has 0 saturated heterocycles. The van der Waals surface area contributed by atoms with Gasteiger partial charge >= 0.3 is 0 Å². The molecule has 0 spiro atoms. The maximum atomic E-state index is 14.2. The summed E-state index contributed by atoms with van der Waals surface area (Å²) in [6, 6.07) is 20.8. The number of carbonyl (C=O) groups is 2. The first-order valence-electron chi connectivity index (χ1n) is 13.6. The van der Waals surface area contributed by atoms with Gasteiger partial charge in [0.25, 0.3) is 0 Å². The third-order valence-electron chi connectivity index (χ3n) is 7.30. The molecule has 0 bridgehead atoms. The molecular weight excluding hydrogens is 581 g/mol. The Hall–Kier alpha value is -3.07. The van der Waals surface area contributed by atoms with Crippen LogP contribution in [0.2, 0.25) is 10.0 Å². The van der Waals surface area contributed by atoms with Crippen LogP contribution in [0, 0.1) is 6.92 Å². The number of carbonyl (C=O) groups excluding carboxylic acids is 2. The van der Waals surface area contributed by atoms with Gasteiger partial charge in [-0.1, -0.05) is 96.2 Å². The Balaban J connectivity index is 1.73. The highest BCUT2D eigenvalue weighted by molar-refractivity contribution is 7.92. The van der Waals surface area contributed by atoms with Crippen LogP contribution >= 0.6 is 23.2 Å². The monoisotopic (exact) mass is 615 g/mol. The second kappa shape index (κ2) is 13.7. The van der Waals surface area contributed by atoms with Crippen molar-refractivity contribution in [1.29, 1.82) is 0 Å². The largest absolute Gasteiger partial charge is 0.352 e. The normalized spacial score (nSPS) is 14.4. The summed E-state index contributed by atoms with van der Waals surface area (Å²) in [7, 11) is -3.93. The molecule has 1 saturated carbocycles. The molecule has 1 N–H and O–H groups in total. The van der Waals surface area contributed by atoms with Gasteiger partial charge in [-0.2, -0.15) is 0 Å². The van der Waals surface area contributed by atoms with Crippen molar-refractivity contribution in [2.45, 2.75) is 57.7 Å². The Labute approximate surface area is 252 Å². The van der Waals surface area contributed by atoms with Crippen LogP contribution in [0.25, 0.3) is 0 Å². The fourth-order valence-electron chi connectivity index (χ4n) is 5.09. The summed E-state index contributed by atoms with van der Waals surface area (Å²) in [5.74, 6) is -0.777. The molecule has 218 valence electrons. The number of halogens is 2. The quantitative estimate of drug-likeness (QED) is 0.297. The molecular formula is C31H35Cl2N3O4S. The number of amides is 2. The van der Waals surface area contributed by atoms with Crippen LogP contribution in [0.1, 0.15) is 42.4 Å². The Morgan fingerprint density at radius 1 is 0.951 bits per heavy atom. The van der Waals surface area contributed by atoms with Crippen LogP contribution in [0.4, 0.5) is 5.69 Å². The molecule has 41 heavy (non-hydrogen) atoms. The lowest BCUT2D eigenvalue weighted by Gasteiger charge is -2.34. The number of nitrogens with one attached hydrogen (secondary N) is 1. The molecule has 0 aliphatic heterocycles. The number of hydrogen-bond donors (Lipinski definition) is 1. The Morgan fingerprint density at radius 2 is 1.61 bits per heavy atom. The van der Waals surface area contributed by atoms with Crippen molar-refractivity contribution in [2.24, 2.45) is 0 Å². The van der Waals surface area contributed by atoms with Crippen LogP contribution in [-0.2, 0) is 32.6 Å². The summed E-state index contributed by atoms with van der Waals surface area (Å²) in [5, 5.41) is 3.60. The highest BCUT2D eigenvalue weighted by Crippen LogP contribution is 2.31. The van der Waals surface area contributed by atoms with Gasteiger partial charge < -0.3 is 10.2 Å². The van der Waals surface area contributed by atoms with Crippen molar-refractivity contribution in [3.63, 3.8) is 0 Å². The maximum Gasteiger partial charge on any atom is 0.244 e. The van der Waals surface area contributed by atoms with Crippen molar-refractivity contribution < 1.29 is 18.0 Å². The molecule has 3 aromatic rings. The van der Waals surface area contributed by atoms with E-state index in [0.29, 0.717) is 5.02 Å². The first-order valence-corrected chi connectivity index (χ1v) is 16.2. The predicted molar refractivity (Wildman–Crippen MR) is 165 cm³/mol. The minimum absolute atomic E-state index is 0.0532. The predicted octanol–water partition coefficient (Wildman–Crippen LogP) is 5.77. The number of anilines is 1. The number of benzene rings is 3. The van der Waals surface area contributed by atoms with Crippen LogP contribution in [0.3, 0.4) is 0 Å². The van der Waals surface area contributed by atoms with Crippen molar-refractivity contribution in [1.82, 2.24) is 10.2 Å². The van der Waals surface area contributed by atoms with Gasteiger partial charge in [0.1, 0.15) is 12.6 Å². The summed E-state index contributed by atoms with van der Waals surface area (Å²) in [6.45, 7) is 1.56. The van der Waals surface area contributed by atoms with Gasteiger partial charge in [0, 0.05) is 24.0 Å². The van der Waals surface area contributed by atoms with E-state index in [1.165, 1.54) is 23.1 Å². The Bertz CT molecular complexity index is 1460. The van der Waals surface area contributed by atoms with E-state index in [1.807, 2.05) is 61.5 Å². The van der Waals surface area contributed by atoms with Crippen LogP contribution < -0.4 is 9.62 Å². The number of hydrogen-bond acceptors (Lipinski definition) is 4. The summed E-state index contributed by atoms with van der Waals surface area (Å²) < 4.78 is 26.8. The SMILES string of the molecule is Cc1ccc(CN(C(=O)CN(c2ccc(Cl)cc2Cl)S(C)(=O)=O)[C@@H](Cc2ccccc2)C(=O)NC2CCCC2)cc1. The van der Waals surface area contributed by atoms with E-state index in [1.54, 1.807) is 0 Å². The fourth-order valence-corrected chi connectivity index (χ4v) is 6.51. The molecule has 0 radical (unpaired) electrons. The molecule has 1 atom stereocenters. The molecule has 7 nitrogen and oxygen atoms in total. The molecule has 3 aromatic carbocycles. The van der Waals surface area contributed by atoms with E-state index >= 15 is 0 Å². The number of aryl methyl sites for hydroxylation is 1. The molecule has 4 rings (SSSR count). The van der Waals surface area contributed by atoms with E-state index in [9.17, 15) is 18.0 Å². The Kier molecular flexibility index (Phi) is 10.3. The molecule has 1 aliphatic rings. The third kappa shape index (κ3) is 8.47. The zero-order valence-corrected chi connectivity index (χ0v) is 25.6. The molecule has 0 unspecified atom stereocenters. The average Bonchev–Trinajstić information content (AvgIpc) is 3.43. The van der Waals surface area contributed by atoms with Gasteiger partial charge in [0.05, 0.1) is 17.0 Å². The van der Waals surface area contributed by atoms with E-state index in [4.69, 9.17) is 23.2 Å². The van der Waals surface area contributed by atoms with Gasteiger partial charge in [-0.15, -0.1) is 0 Å². The number of rotatable bonds is 11. The summed E-state index contributed by atoms with van der Waals surface area (Å²) >= 11 is 12.4. The van der Waals surface area contributed by atoms with Crippen molar-refractivity contribution in [3.8, 4) is 0 Å². The summed E-state index contributed by atoms with van der Waals surface area (Å²) in [6.07, 6.45) is 5.18. The van der Waals surface area contributed by atoms with Gasteiger partial charge in [-0.25, -0.2) is 8.42 Å². The van der Waals surface area contributed by atoms with Gasteiger partial charge in [-0.05, 0) is 49.1 Å². The minimum atomic E-state index is -3.93. The lowest BCUT2D eigenvalue weighted by atomic mass is 10.0. The topological polar surface area (TPSA) is 86.8 Å². The second-order valence-electron chi connectivity index (χ2n) is 10.6. The van der Waals surface area contributed by atoms with E-state index in [2.05, 4.69) is 5.32 Å². The molecule has 0 aromatic heterocycles. The lowest BCUT2D eigenvalue weighted by Crippen LogP contribution is -2.54. The van der Waals surface area contributed by atoms with E-state index < -0.39 is 28.5 Å². The number of sulfonamides is 1. The molecule has 2 amide bonds. The van der Waals surface area contributed by atoms with Crippen LogP contribution in [0.15, 0.2) is 72.8 Å². The fraction of sp³-hybridized carbons (Fsp3) is 0.355. The number of nitrogens with zero attached hydrogens (tertiary/aromatic N) is 2. The zero-order chi connectivity index (χ0) is 29.6. The van der Waals surface area contributed by atoms with Crippen molar-refractivity contribution >= 4 is 50.7 Å². The molecule has 1 aliphatic carbocycles. The molecule has 10 heteroatoms. The second-order valence-corrected chi connectivity index (χ2v) is 13.3. The molecule has 1 fully saturated rings. The highest BCUT2D eigenvalue weighted by atomic mass is 35.5. The lowest BCUT2D eigenvalue weighted by molar-refractivity contribution is -0.140. The van der Waals surface area contributed by atoms with Crippen LogP contribution in [-0.4, -0.2) is 50.0 Å². The minimum Gasteiger partial charge on any atom is -0.352 e. The zero-order valence-electron chi connectivity index (χ0n) is 23.2. The van der Waals surface area contributed by atoms with Gasteiger partial charge in [0.2, 0.25) is 21.8 Å². The smallest absolute Gasteiger partial charge is 0.244 e. The summed E-state index contributed by atoms with van der Waals surface area (Å²) in [4.78, 5) is 29.5. The first kappa shape index (κ1) is 30.9. The summed E-state index contributed by atoms with van der Waals surface area (Å²) in [5.41, 5.74) is 2.91. The third-order valence-corrected chi connectivity index (χ3v) is 8.97. The Morgan fingerprint density at radius 3 is 2.22 bits per heavy atom. The molecule has 0 heterocycles. The first-order chi connectivity index (χ1) is 19.5. The van der Waals surface area contributed by atoms with Crippen molar-refractivity contribution in [3.05, 3.63) is 99.5 Å². The van der Waals surface area contributed by atoms with Crippen molar-refractivity contribution in [2.75, 3.05) is 17.1 Å².